The van der Waals surface area contributed by atoms with Gasteiger partial charge < -0.3 is 19.4 Å². The Kier molecular flexibility index (Phi) is 6.88. The number of piperazine rings is 1. The Morgan fingerprint density at radius 3 is 2.37 bits per heavy atom. The van der Waals surface area contributed by atoms with Gasteiger partial charge in [-0.15, -0.1) is 0 Å². The topological polar surface area (TPSA) is 48.9 Å². The number of amides is 1. The van der Waals surface area contributed by atoms with E-state index < -0.39 is 11.6 Å². The number of thiazole rings is 1. The van der Waals surface area contributed by atoms with Crippen LogP contribution in [0.5, 0.6) is 0 Å². The number of hydrogen-bond donors (Lipinski definition) is 0. The van der Waals surface area contributed by atoms with E-state index in [1.54, 1.807) is 11.3 Å². The van der Waals surface area contributed by atoms with E-state index in [2.05, 4.69) is 30.0 Å². The largest absolute Gasteiger partial charge is 0.371 e. The first kappa shape index (κ1) is 23.9. The SMILES string of the molecule is Cc1ccc2sc(N3CCN(C(=O)COC4CCN(c5cc(F)c(C)c(F)c5)CC4)CC3)nc2c1. The van der Waals surface area contributed by atoms with Crippen LogP contribution in [-0.4, -0.2) is 67.8 Å². The van der Waals surface area contributed by atoms with E-state index in [0.717, 1.165) is 36.6 Å². The minimum Gasteiger partial charge on any atom is -0.371 e. The predicted molar refractivity (Wildman–Crippen MR) is 135 cm³/mol. The van der Waals surface area contributed by atoms with Crippen molar-refractivity contribution in [2.45, 2.75) is 32.8 Å². The molecule has 5 rings (SSSR count). The number of hydrogen-bond acceptors (Lipinski definition) is 6. The molecule has 186 valence electrons. The molecular formula is C26H30F2N4O2S. The average molecular weight is 501 g/mol. The van der Waals surface area contributed by atoms with Crippen molar-refractivity contribution in [2.24, 2.45) is 0 Å². The van der Waals surface area contributed by atoms with Gasteiger partial charge in [-0.25, -0.2) is 13.8 Å². The molecule has 3 heterocycles. The Hall–Kier alpha value is -2.78. The van der Waals surface area contributed by atoms with E-state index in [9.17, 15) is 13.6 Å². The number of rotatable bonds is 5. The van der Waals surface area contributed by atoms with E-state index in [-0.39, 0.29) is 24.2 Å². The van der Waals surface area contributed by atoms with Gasteiger partial charge in [0.05, 0.1) is 16.3 Å². The molecule has 6 nitrogen and oxygen atoms in total. The van der Waals surface area contributed by atoms with E-state index in [0.29, 0.717) is 31.9 Å². The molecule has 2 aromatic carbocycles. The maximum absolute atomic E-state index is 13.9. The molecule has 0 aliphatic carbocycles. The first-order valence-corrected chi connectivity index (χ1v) is 12.9. The average Bonchev–Trinajstić information content (AvgIpc) is 3.29. The highest BCUT2D eigenvalue weighted by atomic mass is 32.1. The highest BCUT2D eigenvalue weighted by molar-refractivity contribution is 7.22. The third-order valence-corrected chi connectivity index (χ3v) is 8.05. The molecule has 1 aromatic heterocycles. The van der Waals surface area contributed by atoms with Gasteiger partial charge in [0.2, 0.25) is 5.91 Å². The Balaban J connectivity index is 1.07. The van der Waals surface area contributed by atoms with Crippen LogP contribution in [0.1, 0.15) is 24.0 Å². The molecule has 35 heavy (non-hydrogen) atoms. The van der Waals surface area contributed by atoms with Crippen LogP contribution in [0.3, 0.4) is 0 Å². The molecule has 0 unspecified atom stereocenters. The minimum absolute atomic E-state index is 0.00896. The van der Waals surface area contributed by atoms with Gasteiger partial charge in [-0.2, -0.15) is 0 Å². The van der Waals surface area contributed by atoms with Crippen molar-refractivity contribution in [3.63, 3.8) is 0 Å². The molecule has 0 saturated carbocycles. The number of anilines is 2. The summed E-state index contributed by atoms with van der Waals surface area (Å²) in [5, 5.41) is 1.01. The number of halogens is 2. The molecule has 2 fully saturated rings. The van der Waals surface area contributed by atoms with Gasteiger partial charge in [0.15, 0.2) is 5.13 Å². The molecule has 0 bridgehead atoms. The third kappa shape index (κ3) is 5.26. The molecule has 0 atom stereocenters. The Bertz CT molecular complexity index is 1190. The highest BCUT2D eigenvalue weighted by Crippen LogP contribution is 2.30. The number of ether oxygens (including phenoxy) is 1. The first-order chi connectivity index (χ1) is 16.9. The normalized spacial score (nSPS) is 17.4. The molecular weight excluding hydrogens is 470 g/mol. The van der Waals surface area contributed by atoms with Gasteiger partial charge in [-0.3, -0.25) is 4.79 Å². The Morgan fingerprint density at radius 1 is 1.00 bits per heavy atom. The Labute approximate surface area is 208 Å². The van der Waals surface area contributed by atoms with Crippen LogP contribution in [-0.2, 0) is 9.53 Å². The fraction of sp³-hybridized carbons (Fsp3) is 0.462. The van der Waals surface area contributed by atoms with Crippen LogP contribution in [0.2, 0.25) is 0 Å². The van der Waals surface area contributed by atoms with Gasteiger partial charge in [-0.05, 0) is 56.5 Å². The summed E-state index contributed by atoms with van der Waals surface area (Å²) in [4.78, 5) is 23.6. The van der Waals surface area contributed by atoms with Crippen molar-refractivity contribution in [2.75, 3.05) is 55.7 Å². The van der Waals surface area contributed by atoms with Gasteiger partial charge in [0.1, 0.15) is 18.2 Å². The minimum atomic E-state index is -0.526. The van der Waals surface area contributed by atoms with Crippen molar-refractivity contribution in [1.82, 2.24) is 9.88 Å². The van der Waals surface area contributed by atoms with Gasteiger partial charge in [0, 0.05) is 50.5 Å². The number of aryl methyl sites for hydroxylation is 1. The van der Waals surface area contributed by atoms with Gasteiger partial charge in [0.25, 0.3) is 0 Å². The monoisotopic (exact) mass is 500 g/mol. The van der Waals surface area contributed by atoms with Crippen molar-refractivity contribution >= 4 is 38.3 Å². The number of fused-ring (bicyclic) bond motifs is 1. The van der Waals surface area contributed by atoms with E-state index in [4.69, 9.17) is 9.72 Å². The molecule has 2 aliphatic rings. The van der Waals surface area contributed by atoms with Crippen LogP contribution < -0.4 is 9.80 Å². The fourth-order valence-corrected chi connectivity index (χ4v) is 5.68. The van der Waals surface area contributed by atoms with Crippen LogP contribution in [0.25, 0.3) is 10.2 Å². The lowest BCUT2D eigenvalue weighted by Gasteiger charge is -2.36. The highest BCUT2D eigenvalue weighted by Gasteiger charge is 2.26. The number of aromatic nitrogens is 1. The maximum Gasteiger partial charge on any atom is 0.248 e. The summed E-state index contributed by atoms with van der Waals surface area (Å²) >= 11 is 1.69. The quantitative estimate of drug-likeness (QED) is 0.516. The van der Waals surface area contributed by atoms with E-state index >= 15 is 0 Å². The zero-order valence-electron chi connectivity index (χ0n) is 20.1. The van der Waals surface area contributed by atoms with Gasteiger partial charge in [-0.1, -0.05) is 17.4 Å². The third-order valence-electron chi connectivity index (χ3n) is 6.95. The first-order valence-electron chi connectivity index (χ1n) is 12.1. The Morgan fingerprint density at radius 2 is 1.69 bits per heavy atom. The molecule has 0 radical (unpaired) electrons. The second kappa shape index (κ2) is 10.1. The molecule has 3 aromatic rings. The van der Waals surface area contributed by atoms with Crippen LogP contribution in [0, 0.1) is 25.5 Å². The van der Waals surface area contributed by atoms with Crippen molar-refractivity contribution in [1.29, 1.82) is 0 Å². The van der Waals surface area contributed by atoms with Gasteiger partial charge >= 0.3 is 0 Å². The number of nitrogens with zero attached hydrogens (tertiary/aromatic N) is 4. The number of piperidine rings is 1. The summed E-state index contributed by atoms with van der Waals surface area (Å²) < 4.78 is 34.9. The lowest BCUT2D eigenvalue weighted by molar-refractivity contribution is -0.138. The number of carbonyl (C=O) groups excluding carboxylic acids is 1. The molecule has 2 saturated heterocycles. The predicted octanol–water partition coefficient (Wildman–Crippen LogP) is 4.53. The molecule has 9 heteroatoms. The van der Waals surface area contributed by atoms with Crippen LogP contribution >= 0.6 is 11.3 Å². The van der Waals surface area contributed by atoms with Crippen LogP contribution in [0.4, 0.5) is 19.6 Å². The summed E-state index contributed by atoms with van der Waals surface area (Å²) in [6, 6.07) is 9.10. The smallest absolute Gasteiger partial charge is 0.248 e. The fourth-order valence-electron chi connectivity index (χ4n) is 4.68. The summed E-state index contributed by atoms with van der Waals surface area (Å²) in [6.45, 7) is 7.67. The molecule has 0 N–H and O–H groups in total. The zero-order valence-corrected chi connectivity index (χ0v) is 20.9. The second-order valence-corrected chi connectivity index (χ2v) is 10.4. The lowest BCUT2D eigenvalue weighted by Crippen LogP contribution is -2.50. The number of carbonyl (C=O) groups is 1. The summed E-state index contributed by atoms with van der Waals surface area (Å²) in [6.07, 6.45) is 1.41. The van der Waals surface area contributed by atoms with Crippen molar-refractivity contribution in [3.05, 3.63) is 53.1 Å². The summed E-state index contributed by atoms with van der Waals surface area (Å²) in [5.74, 6) is -1.04. The van der Waals surface area contributed by atoms with E-state index in [1.807, 2.05) is 9.80 Å². The molecule has 1 amide bonds. The molecule has 0 spiro atoms. The number of benzene rings is 2. The van der Waals surface area contributed by atoms with Crippen molar-refractivity contribution in [3.8, 4) is 0 Å². The standard InChI is InChI=1S/C26H30F2N4O2S/c1-17-3-4-24-23(13-17)29-26(35-24)32-11-9-31(10-12-32)25(33)16-34-20-5-7-30(8-6-20)19-14-21(27)18(2)22(28)15-19/h3-4,13-15,20H,5-12,16H2,1-2H3. The van der Waals surface area contributed by atoms with E-state index in [1.165, 1.54) is 29.3 Å². The second-order valence-electron chi connectivity index (χ2n) is 9.37. The molecule has 2 aliphatic heterocycles. The lowest BCUT2D eigenvalue weighted by atomic mass is 10.1. The summed E-state index contributed by atoms with van der Waals surface area (Å²) in [5.41, 5.74) is 2.83. The zero-order chi connectivity index (χ0) is 24.5. The summed E-state index contributed by atoms with van der Waals surface area (Å²) in [7, 11) is 0. The van der Waals surface area contributed by atoms with Crippen molar-refractivity contribution < 1.29 is 18.3 Å². The van der Waals surface area contributed by atoms with Crippen LogP contribution in [0.15, 0.2) is 30.3 Å². The maximum atomic E-state index is 13.9.